The van der Waals surface area contributed by atoms with Gasteiger partial charge < -0.3 is 15.5 Å². The number of nitrogens with zero attached hydrogens (tertiary/aromatic N) is 1. The maximum Gasteiger partial charge on any atom is 0.221 e. The maximum absolute atomic E-state index is 11.9. The van der Waals surface area contributed by atoms with Crippen molar-refractivity contribution in [1.29, 1.82) is 0 Å². The highest BCUT2D eigenvalue weighted by Crippen LogP contribution is 2.36. The molecule has 3 rings (SSSR count). The summed E-state index contributed by atoms with van der Waals surface area (Å²) >= 11 is 0. The molecule has 19 heavy (non-hydrogen) atoms. The molecule has 0 aromatic carbocycles. The van der Waals surface area contributed by atoms with Crippen LogP contribution in [0.5, 0.6) is 0 Å². The lowest BCUT2D eigenvalue weighted by Gasteiger charge is -2.36. The summed E-state index contributed by atoms with van der Waals surface area (Å²) < 4.78 is 0. The lowest BCUT2D eigenvalue weighted by atomic mass is 9.91. The first-order chi connectivity index (χ1) is 9.22. The third-order valence-electron chi connectivity index (χ3n) is 5.38. The van der Waals surface area contributed by atoms with Gasteiger partial charge >= 0.3 is 0 Å². The number of carbonyl (C=O) groups excluding carboxylic acids is 1. The largest absolute Gasteiger partial charge is 0.356 e. The number of rotatable bonds is 4. The van der Waals surface area contributed by atoms with Gasteiger partial charge in [0.1, 0.15) is 0 Å². The van der Waals surface area contributed by atoms with Crippen LogP contribution in [0.3, 0.4) is 0 Å². The van der Waals surface area contributed by atoms with Crippen molar-refractivity contribution in [3.8, 4) is 0 Å². The van der Waals surface area contributed by atoms with E-state index >= 15 is 0 Å². The van der Waals surface area contributed by atoms with E-state index in [4.69, 9.17) is 0 Å². The van der Waals surface area contributed by atoms with Crippen LogP contribution in [0.15, 0.2) is 0 Å². The second-order valence-corrected chi connectivity index (χ2v) is 6.69. The predicted molar refractivity (Wildman–Crippen MR) is 75.9 cm³/mol. The van der Waals surface area contributed by atoms with Gasteiger partial charge in [-0.15, -0.1) is 0 Å². The predicted octanol–water partition coefficient (Wildman–Crippen LogP) is 1.12. The Hall–Kier alpha value is -0.610. The standard InChI is InChI=1S/C15H27N3O/c1-18-13-4-5-14(18)8-11(7-13)10-17-15(19)9-12-3-2-6-16-12/h11-14,16H,2-10H2,1H3,(H,17,19). The van der Waals surface area contributed by atoms with E-state index in [9.17, 15) is 4.79 Å². The first-order valence-electron chi connectivity index (χ1n) is 7.94. The van der Waals surface area contributed by atoms with Crippen molar-refractivity contribution in [2.24, 2.45) is 5.92 Å². The molecule has 0 aliphatic carbocycles. The van der Waals surface area contributed by atoms with E-state index in [2.05, 4.69) is 22.6 Å². The van der Waals surface area contributed by atoms with Crippen molar-refractivity contribution in [2.45, 2.75) is 63.1 Å². The second kappa shape index (κ2) is 5.80. The van der Waals surface area contributed by atoms with Crippen LogP contribution < -0.4 is 10.6 Å². The molecule has 0 aromatic heterocycles. The highest BCUT2D eigenvalue weighted by Gasteiger charge is 2.38. The number of amides is 1. The number of hydrogen-bond donors (Lipinski definition) is 2. The molecule has 3 saturated heterocycles. The first kappa shape index (κ1) is 13.4. The van der Waals surface area contributed by atoms with Gasteiger partial charge in [0.15, 0.2) is 0 Å². The molecule has 3 aliphatic rings. The number of carbonyl (C=O) groups is 1. The summed E-state index contributed by atoms with van der Waals surface area (Å²) in [5.41, 5.74) is 0. The Bertz CT molecular complexity index is 313. The zero-order valence-electron chi connectivity index (χ0n) is 12.0. The topological polar surface area (TPSA) is 44.4 Å². The Labute approximate surface area is 116 Å². The maximum atomic E-state index is 11.9. The van der Waals surface area contributed by atoms with E-state index in [1.165, 1.54) is 32.1 Å². The summed E-state index contributed by atoms with van der Waals surface area (Å²) in [6, 6.07) is 1.97. The molecule has 4 heteroatoms. The van der Waals surface area contributed by atoms with Gasteiger partial charge in [-0.25, -0.2) is 0 Å². The van der Waals surface area contributed by atoms with E-state index < -0.39 is 0 Å². The van der Waals surface area contributed by atoms with Gasteiger partial charge in [-0.3, -0.25) is 4.79 Å². The molecule has 0 saturated carbocycles. The normalized spacial score (nSPS) is 38.6. The quantitative estimate of drug-likeness (QED) is 0.800. The van der Waals surface area contributed by atoms with Crippen molar-refractivity contribution in [3.05, 3.63) is 0 Å². The zero-order valence-corrected chi connectivity index (χ0v) is 12.0. The minimum atomic E-state index is 0.241. The van der Waals surface area contributed by atoms with Gasteiger partial charge in [0.05, 0.1) is 0 Å². The third-order valence-corrected chi connectivity index (χ3v) is 5.38. The molecule has 2 bridgehead atoms. The molecule has 2 N–H and O–H groups in total. The van der Waals surface area contributed by atoms with Crippen molar-refractivity contribution < 1.29 is 4.79 Å². The third kappa shape index (κ3) is 3.11. The van der Waals surface area contributed by atoms with Crippen LogP contribution in [0.1, 0.15) is 44.9 Å². The minimum Gasteiger partial charge on any atom is -0.356 e. The smallest absolute Gasteiger partial charge is 0.221 e. The van der Waals surface area contributed by atoms with Crippen LogP contribution in [0.4, 0.5) is 0 Å². The Morgan fingerprint density at radius 2 is 2.00 bits per heavy atom. The summed E-state index contributed by atoms with van der Waals surface area (Å²) in [5, 5.41) is 6.55. The molecular weight excluding hydrogens is 238 g/mol. The number of hydrogen-bond acceptors (Lipinski definition) is 3. The van der Waals surface area contributed by atoms with Crippen LogP contribution in [0.2, 0.25) is 0 Å². The summed E-state index contributed by atoms with van der Waals surface area (Å²) in [7, 11) is 2.27. The molecule has 3 atom stereocenters. The highest BCUT2D eigenvalue weighted by atomic mass is 16.1. The van der Waals surface area contributed by atoms with Gasteiger partial charge in [-0.2, -0.15) is 0 Å². The van der Waals surface area contributed by atoms with Crippen molar-refractivity contribution in [1.82, 2.24) is 15.5 Å². The zero-order chi connectivity index (χ0) is 13.2. The average Bonchev–Trinajstić information content (AvgIpc) is 2.94. The minimum absolute atomic E-state index is 0.241. The Morgan fingerprint density at radius 1 is 1.26 bits per heavy atom. The van der Waals surface area contributed by atoms with Crippen molar-refractivity contribution in [3.63, 3.8) is 0 Å². The highest BCUT2D eigenvalue weighted by molar-refractivity contribution is 5.76. The summed E-state index contributed by atoms with van der Waals surface area (Å²) in [4.78, 5) is 14.5. The van der Waals surface area contributed by atoms with Gasteiger partial charge in [-0.05, 0) is 58.0 Å². The molecule has 108 valence electrons. The molecular formula is C15H27N3O. The molecule has 0 spiro atoms. The van der Waals surface area contributed by atoms with Gasteiger partial charge in [-0.1, -0.05) is 0 Å². The fraction of sp³-hybridized carbons (Fsp3) is 0.933. The van der Waals surface area contributed by atoms with E-state index in [0.29, 0.717) is 18.4 Å². The van der Waals surface area contributed by atoms with Gasteiger partial charge in [0.2, 0.25) is 5.91 Å². The molecule has 4 nitrogen and oxygen atoms in total. The summed E-state index contributed by atoms with van der Waals surface area (Å²) in [6.45, 7) is 1.97. The van der Waals surface area contributed by atoms with Crippen LogP contribution in [0, 0.1) is 5.92 Å². The first-order valence-corrected chi connectivity index (χ1v) is 7.94. The fourth-order valence-electron chi connectivity index (χ4n) is 4.18. The SMILES string of the molecule is CN1C2CCC1CC(CNC(=O)CC1CCCN1)C2. The fourth-order valence-corrected chi connectivity index (χ4v) is 4.18. The van der Waals surface area contributed by atoms with E-state index in [0.717, 1.165) is 31.6 Å². The lowest BCUT2D eigenvalue weighted by Crippen LogP contribution is -2.43. The number of nitrogens with one attached hydrogen (secondary N) is 2. The molecule has 3 aliphatic heterocycles. The lowest BCUT2D eigenvalue weighted by molar-refractivity contribution is -0.121. The van der Waals surface area contributed by atoms with Crippen molar-refractivity contribution >= 4 is 5.91 Å². The average molecular weight is 265 g/mol. The van der Waals surface area contributed by atoms with E-state index in [-0.39, 0.29) is 5.91 Å². The van der Waals surface area contributed by atoms with Crippen LogP contribution in [-0.2, 0) is 4.79 Å². The van der Waals surface area contributed by atoms with Crippen LogP contribution in [0.25, 0.3) is 0 Å². The number of fused-ring (bicyclic) bond motifs is 2. The monoisotopic (exact) mass is 265 g/mol. The molecule has 0 radical (unpaired) electrons. The Balaban J connectivity index is 1.39. The molecule has 3 heterocycles. The molecule has 0 aromatic rings. The van der Waals surface area contributed by atoms with Crippen LogP contribution in [-0.4, -0.2) is 49.1 Å². The number of piperidine rings is 1. The van der Waals surface area contributed by atoms with Gasteiger partial charge in [0, 0.05) is 31.1 Å². The molecule has 3 unspecified atom stereocenters. The van der Waals surface area contributed by atoms with E-state index in [1.54, 1.807) is 0 Å². The van der Waals surface area contributed by atoms with E-state index in [1.807, 2.05) is 0 Å². The summed E-state index contributed by atoms with van der Waals surface area (Å²) in [5.74, 6) is 0.944. The second-order valence-electron chi connectivity index (χ2n) is 6.69. The van der Waals surface area contributed by atoms with Gasteiger partial charge in [0.25, 0.3) is 0 Å². The Morgan fingerprint density at radius 3 is 2.63 bits per heavy atom. The summed E-state index contributed by atoms with van der Waals surface area (Å²) in [6.07, 6.45) is 8.31. The Kier molecular flexibility index (Phi) is 4.08. The van der Waals surface area contributed by atoms with Crippen LogP contribution >= 0.6 is 0 Å². The molecule has 1 amide bonds. The molecule has 3 fully saturated rings. The van der Waals surface area contributed by atoms with Crippen molar-refractivity contribution in [2.75, 3.05) is 20.1 Å².